The van der Waals surface area contributed by atoms with Gasteiger partial charge in [-0.1, -0.05) is 60.7 Å². The highest BCUT2D eigenvalue weighted by atomic mass is 16.5. The topological polar surface area (TPSA) is 240 Å². The summed E-state index contributed by atoms with van der Waals surface area (Å²) >= 11 is 0. The number of ether oxygens (including phenoxy) is 1. The standard InChI is InChI=1S/C36H41N7O8/c1-22-17-31(45)51-30-19-25(14-15-26(22)30)40-32(46)27(13-8-16-39-35(37)38)41-34(48)29(20-44)42-33(47)28(18-23-9-4-2-5-10-23)43-36(49)50-21-24-11-6-3-7-12-24/h2-7,9-12,14-15,17,19,27-29,44H,8,13,16,18,20-21H2,1H3,(H,40,46)(H,41,48)(H,42,47)(H,43,49)(H4,37,38,39)/t27-,28-,29-/m0/s1. The van der Waals surface area contributed by atoms with Gasteiger partial charge in [0.1, 0.15) is 30.3 Å². The van der Waals surface area contributed by atoms with Crippen molar-refractivity contribution in [2.45, 2.75) is 50.9 Å². The van der Waals surface area contributed by atoms with Gasteiger partial charge in [0, 0.05) is 36.2 Å². The molecule has 3 aromatic carbocycles. The number of aliphatic hydroxyl groups excluding tert-OH is 1. The Morgan fingerprint density at radius 1 is 0.824 bits per heavy atom. The Labute approximate surface area is 293 Å². The molecule has 3 atom stereocenters. The van der Waals surface area contributed by atoms with Crippen molar-refractivity contribution >= 4 is 46.4 Å². The maximum absolute atomic E-state index is 13.5. The van der Waals surface area contributed by atoms with Gasteiger partial charge in [0.2, 0.25) is 17.7 Å². The number of amides is 4. The summed E-state index contributed by atoms with van der Waals surface area (Å²) in [6.45, 7) is 1.07. The lowest BCUT2D eigenvalue weighted by Crippen LogP contribution is -2.57. The molecule has 0 aliphatic carbocycles. The van der Waals surface area contributed by atoms with Crippen molar-refractivity contribution in [1.29, 1.82) is 0 Å². The van der Waals surface area contributed by atoms with Crippen LogP contribution in [0.25, 0.3) is 11.0 Å². The minimum absolute atomic E-state index is 0.0338. The van der Waals surface area contributed by atoms with Crippen LogP contribution in [0, 0.1) is 6.92 Å². The molecule has 0 radical (unpaired) electrons. The van der Waals surface area contributed by atoms with Crippen molar-refractivity contribution in [2.75, 3.05) is 18.5 Å². The second-order valence-electron chi connectivity index (χ2n) is 11.7. The van der Waals surface area contributed by atoms with Gasteiger partial charge in [-0.2, -0.15) is 0 Å². The first-order chi connectivity index (χ1) is 24.5. The molecule has 1 heterocycles. The van der Waals surface area contributed by atoms with Gasteiger partial charge in [-0.3, -0.25) is 19.4 Å². The summed E-state index contributed by atoms with van der Waals surface area (Å²) in [7, 11) is 0. The number of aliphatic hydroxyl groups is 1. The van der Waals surface area contributed by atoms with Crippen molar-refractivity contribution in [3.05, 3.63) is 112 Å². The zero-order chi connectivity index (χ0) is 36.8. The summed E-state index contributed by atoms with van der Waals surface area (Å²) in [4.78, 5) is 68.9. The number of hydrogen-bond donors (Lipinski definition) is 7. The number of carbonyl (C=O) groups is 4. The van der Waals surface area contributed by atoms with Crippen molar-refractivity contribution < 1.29 is 33.4 Å². The quantitative estimate of drug-likeness (QED) is 0.0386. The molecule has 0 saturated carbocycles. The number of aliphatic imine (C=N–C) groups is 1. The van der Waals surface area contributed by atoms with Crippen LogP contribution in [0.1, 0.15) is 29.5 Å². The van der Waals surface area contributed by atoms with Gasteiger partial charge in [0.05, 0.1) is 6.61 Å². The van der Waals surface area contributed by atoms with E-state index in [0.717, 1.165) is 5.56 Å². The second kappa shape index (κ2) is 18.5. The summed E-state index contributed by atoms with van der Waals surface area (Å²) in [5.74, 6) is -2.40. The maximum Gasteiger partial charge on any atom is 0.408 e. The fraction of sp³-hybridized carbons (Fsp3) is 0.278. The first kappa shape index (κ1) is 37.6. The van der Waals surface area contributed by atoms with E-state index in [1.165, 1.54) is 12.1 Å². The van der Waals surface area contributed by atoms with Crippen LogP contribution in [-0.2, 0) is 32.1 Å². The van der Waals surface area contributed by atoms with Gasteiger partial charge >= 0.3 is 11.7 Å². The van der Waals surface area contributed by atoms with Gasteiger partial charge in [-0.05, 0) is 48.6 Å². The third kappa shape index (κ3) is 11.7. The van der Waals surface area contributed by atoms with Gasteiger partial charge in [-0.15, -0.1) is 0 Å². The highest BCUT2D eigenvalue weighted by Crippen LogP contribution is 2.21. The van der Waals surface area contributed by atoms with Gasteiger partial charge in [0.25, 0.3) is 0 Å². The molecular formula is C36H41N7O8. The normalized spacial score (nSPS) is 12.5. The van der Waals surface area contributed by atoms with E-state index in [-0.39, 0.29) is 44.0 Å². The fourth-order valence-electron chi connectivity index (χ4n) is 5.11. The molecule has 15 nitrogen and oxygen atoms in total. The molecular weight excluding hydrogens is 658 g/mol. The highest BCUT2D eigenvalue weighted by molar-refractivity contribution is 6.00. The van der Waals surface area contributed by atoms with Crippen LogP contribution in [0.15, 0.2) is 99.1 Å². The van der Waals surface area contributed by atoms with E-state index in [1.807, 2.05) is 6.07 Å². The monoisotopic (exact) mass is 699 g/mol. The Morgan fingerprint density at radius 3 is 2.14 bits per heavy atom. The number of fused-ring (bicyclic) bond motifs is 1. The first-order valence-corrected chi connectivity index (χ1v) is 16.2. The predicted molar refractivity (Wildman–Crippen MR) is 190 cm³/mol. The average Bonchev–Trinajstić information content (AvgIpc) is 3.11. The second-order valence-corrected chi connectivity index (χ2v) is 11.7. The molecule has 0 spiro atoms. The number of hydrogen-bond acceptors (Lipinski definition) is 9. The number of benzene rings is 3. The number of nitrogens with zero attached hydrogens (tertiary/aromatic N) is 1. The summed E-state index contributed by atoms with van der Waals surface area (Å²) in [5, 5.41) is 21.1. The van der Waals surface area contributed by atoms with Crippen LogP contribution in [-0.4, -0.2) is 66.2 Å². The third-order valence-electron chi connectivity index (χ3n) is 7.72. The predicted octanol–water partition coefficient (Wildman–Crippen LogP) is 1.59. The van der Waals surface area contributed by atoms with Crippen molar-refractivity contribution in [1.82, 2.24) is 16.0 Å². The zero-order valence-electron chi connectivity index (χ0n) is 28.0. The van der Waals surface area contributed by atoms with Crippen LogP contribution >= 0.6 is 0 Å². The van der Waals surface area contributed by atoms with Crippen LogP contribution in [0.2, 0.25) is 0 Å². The average molecular weight is 700 g/mol. The fourth-order valence-corrected chi connectivity index (χ4v) is 5.11. The summed E-state index contributed by atoms with van der Waals surface area (Å²) in [6.07, 6.45) is -0.450. The smallest absolute Gasteiger partial charge is 0.408 e. The van der Waals surface area contributed by atoms with E-state index in [0.29, 0.717) is 22.2 Å². The van der Waals surface area contributed by atoms with Crippen molar-refractivity contribution in [3.8, 4) is 0 Å². The van der Waals surface area contributed by atoms with Gasteiger partial charge in [0.15, 0.2) is 5.96 Å². The lowest BCUT2D eigenvalue weighted by Gasteiger charge is -2.24. The van der Waals surface area contributed by atoms with Crippen LogP contribution < -0.4 is 38.4 Å². The molecule has 268 valence electrons. The Morgan fingerprint density at radius 2 is 1.47 bits per heavy atom. The van der Waals surface area contributed by atoms with Crippen molar-refractivity contribution in [2.24, 2.45) is 16.5 Å². The molecule has 0 bridgehead atoms. The molecule has 0 unspecified atom stereocenters. The molecule has 4 rings (SSSR count). The molecule has 15 heteroatoms. The van der Waals surface area contributed by atoms with E-state index in [4.69, 9.17) is 20.6 Å². The molecule has 0 saturated heterocycles. The highest BCUT2D eigenvalue weighted by Gasteiger charge is 2.30. The van der Waals surface area contributed by atoms with Gasteiger partial charge in [-0.25, -0.2) is 9.59 Å². The lowest BCUT2D eigenvalue weighted by atomic mass is 10.0. The van der Waals surface area contributed by atoms with E-state index in [9.17, 15) is 29.1 Å². The molecule has 51 heavy (non-hydrogen) atoms. The number of alkyl carbamates (subject to hydrolysis) is 1. The van der Waals surface area contributed by atoms with Crippen LogP contribution in [0.3, 0.4) is 0 Å². The SMILES string of the molecule is Cc1cc(=O)oc2cc(NC(=O)[C@H](CCCN=C(N)N)NC(=O)[C@H](CO)NC(=O)[C@H](Cc3ccccc3)NC(=O)OCc3ccccc3)ccc12. The van der Waals surface area contributed by atoms with Gasteiger partial charge < -0.3 is 47.0 Å². The molecule has 4 amide bonds. The van der Waals surface area contributed by atoms with E-state index < -0.39 is 54.2 Å². The largest absolute Gasteiger partial charge is 0.445 e. The molecule has 9 N–H and O–H groups in total. The molecule has 4 aromatic rings. The number of rotatable bonds is 16. The van der Waals surface area contributed by atoms with E-state index in [2.05, 4.69) is 26.3 Å². The Bertz CT molecular complexity index is 1900. The molecule has 0 aliphatic heterocycles. The number of guanidine groups is 1. The van der Waals surface area contributed by atoms with Crippen LogP contribution in [0.4, 0.5) is 10.5 Å². The Balaban J connectivity index is 1.46. The Kier molecular flexibility index (Phi) is 13.7. The first-order valence-electron chi connectivity index (χ1n) is 16.2. The lowest BCUT2D eigenvalue weighted by molar-refractivity contribution is -0.132. The number of nitrogens with one attached hydrogen (secondary N) is 4. The minimum Gasteiger partial charge on any atom is -0.445 e. The number of nitrogens with two attached hydrogens (primary N) is 2. The number of carbonyl (C=O) groups excluding carboxylic acids is 4. The number of anilines is 1. The molecule has 1 aromatic heterocycles. The van der Waals surface area contributed by atoms with Crippen molar-refractivity contribution in [3.63, 3.8) is 0 Å². The van der Waals surface area contributed by atoms with E-state index in [1.54, 1.807) is 73.7 Å². The summed E-state index contributed by atoms with van der Waals surface area (Å²) in [6, 6.07) is 20.2. The summed E-state index contributed by atoms with van der Waals surface area (Å²) in [5.41, 5.74) is 13.0. The van der Waals surface area contributed by atoms with E-state index >= 15 is 0 Å². The molecule has 0 fully saturated rings. The maximum atomic E-state index is 13.5. The third-order valence-corrected chi connectivity index (χ3v) is 7.72. The van der Waals surface area contributed by atoms with Crippen LogP contribution in [0.5, 0.6) is 0 Å². The Hall–Kier alpha value is -6.22. The number of aryl methyl sites for hydroxylation is 1. The zero-order valence-corrected chi connectivity index (χ0v) is 28.0. The summed E-state index contributed by atoms with van der Waals surface area (Å²) < 4.78 is 10.6. The minimum atomic E-state index is -1.50. The molecule has 0 aliphatic rings.